The summed E-state index contributed by atoms with van der Waals surface area (Å²) in [6.45, 7) is 9.93. The van der Waals surface area contributed by atoms with E-state index in [0.29, 0.717) is 12.4 Å². The highest BCUT2D eigenvalue weighted by Crippen LogP contribution is 1.92. The fraction of sp³-hybridized carbons (Fsp3) is 0.643. The summed E-state index contributed by atoms with van der Waals surface area (Å²) < 4.78 is 4.67. The molecule has 6 nitrogen and oxygen atoms in total. The van der Waals surface area contributed by atoms with E-state index >= 15 is 0 Å². The minimum atomic E-state index is -0.842. The number of nitrogens with zero attached hydrogens (tertiary/aromatic N) is 1. The summed E-state index contributed by atoms with van der Waals surface area (Å²) in [5.74, 6) is -0.455. The molecule has 6 heteroatoms. The molecule has 116 valence electrons. The third-order valence-corrected chi connectivity index (χ3v) is 2.12. The van der Waals surface area contributed by atoms with Gasteiger partial charge in [0.1, 0.15) is 0 Å². The molecule has 0 aliphatic carbocycles. The van der Waals surface area contributed by atoms with E-state index in [9.17, 15) is 9.59 Å². The van der Waals surface area contributed by atoms with Crippen molar-refractivity contribution in [1.29, 1.82) is 0 Å². The van der Waals surface area contributed by atoms with Gasteiger partial charge in [0.25, 0.3) is 0 Å². The Kier molecular flexibility index (Phi) is 13.9. The van der Waals surface area contributed by atoms with Crippen molar-refractivity contribution in [3.8, 4) is 0 Å². The van der Waals surface area contributed by atoms with Crippen molar-refractivity contribution in [2.24, 2.45) is 16.6 Å². The quantitative estimate of drug-likeness (QED) is 0.233. The summed E-state index contributed by atoms with van der Waals surface area (Å²) in [6.07, 6.45) is 3.20. The second-order valence-electron chi connectivity index (χ2n) is 4.33. The van der Waals surface area contributed by atoms with Gasteiger partial charge in [0.15, 0.2) is 0 Å². The molecule has 0 aliphatic heterocycles. The van der Waals surface area contributed by atoms with Gasteiger partial charge in [-0.1, -0.05) is 33.8 Å². The van der Waals surface area contributed by atoms with E-state index in [4.69, 9.17) is 10.8 Å². The molecule has 0 aromatic heterocycles. The first-order valence-corrected chi connectivity index (χ1v) is 6.65. The van der Waals surface area contributed by atoms with Crippen molar-refractivity contribution in [1.82, 2.24) is 0 Å². The number of aliphatic carboxylic acids is 1. The molecule has 3 N–H and O–H groups in total. The maximum absolute atomic E-state index is 10.3. The number of ether oxygens (including phenoxy) is 1. The minimum Gasteiger partial charge on any atom is -0.481 e. The zero-order valence-corrected chi connectivity index (χ0v) is 12.6. The summed E-state index contributed by atoms with van der Waals surface area (Å²) in [5, 5.41) is 8.25. The topological polar surface area (TPSA) is 102 Å². The van der Waals surface area contributed by atoms with Gasteiger partial charge >= 0.3 is 11.9 Å². The van der Waals surface area contributed by atoms with Gasteiger partial charge in [-0.15, -0.1) is 0 Å². The molecular weight excluding hydrogens is 260 g/mol. The molecule has 0 rings (SSSR count). The van der Waals surface area contributed by atoms with E-state index in [-0.39, 0.29) is 24.9 Å². The Labute approximate surface area is 120 Å². The third kappa shape index (κ3) is 16.1. The Bertz CT molecular complexity index is 325. The number of carbonyl (C=O) groups is 2. The normalized spacial score (nSPS) is 10.5. The molecule has 0 unspecified atom stereocenters. The number of esters is 1. The SMILES string of the molecule is C=CC(=O)OCCCC.CC(C)C(N)=NCCC(=O)O. The summed E-state index contributed by atoms with van der Waals surface area (Å²) in [7, 11) is 0. The lowest BCUT2D eigenvalue weighted by atomic mass is 10.2. The smallest absolute Gasteiger partial charge is 0.330 e. The second-order valence-corrected chi connectivity index (χ2v) is 4.33. The van der Waals surface area contributed by atoms with Gasteiger partial charge in [0.2, 0.25) is 0 Å². The van der Waals surface area contributed by atoms with E-state index in [2.05, 4.69) is 16.3 Å². The number of carboxylic acids is 1. The Morgan fingerprint density at radius 3 is 2.45 bits per heavy atom. The zero-order valence-electron chi connectivity index (χ0n) is 12.6. The van der Waals surface area contributed by atoms with Crippen LogP contribution in [0, 0.1) is 5.92 Å². The van der Waals surface area contributed by atoms with Crippen LogP contribution in [-0.2, 0) is 14.3 Å². The molecule has 0 amide bonds. The van der Waals surface area contributed by atoms with Gasteiger partial charge in [-0.3, -0.25) is 9.79 Å². The van der Waals surface area contributed by atoms with Crippen molar-refractivity contribution in [2.75, 3.05) is 13.2 Å². The highest BCUT2D eigenvalue weighted by Gasteiger charge is 1.99. The van der Waals surface area contributed by atoms with Crippen molar-refractivity contribution < 1.29 is 19.4 Å². The molecular formula is C14H26N2O4. The number of carboxylic acid groups (broad SMARTS) is 1. The number of unbranched alkanes of at least 4 members (excludes halogenated alkanes) is 1. The second kappa shape index (κ2) is 13.6. The van der Waals surface area contributed by atoms with Crippen LogP contribution in [0.3, 0.4) is 0 Å². The third-order valence-electron chi connectivity index (χ3n) is 2.12. The van der Waals surface area contributed by atoms with Gasteiger partial charge in [-0.05, 0) is 6.42 Å². The Morgan fingerprint density at radius 1 is 1.45 bits per heavy atom. The molecule has 0 aliphatic rings. The number of nitrogens with two attached hydrogens (primary N) is 1. The molecule has 0 saturated heterocycles. The van der Waals surface area contributed by atoms with Crippen LogP contribution in [0.2, 0.25) is 0 Å². The number of carbonyl (C=O) groups excluding carboxylic acids is 1. The number of hydrogen-bond donors (Lipinski definition) is 2. The molecule has 0 saturated carbocycles. The number of rotatable bonds is 8. The van der Waals surface area contributed by atoms with Crippen LogP contribution >= 0.6 is 0 Å². The average Bonchev–Trinajstić information content (AvgIpc) is 2.38. The lowest BCUT2D eigenvalue weighted by Crippen LogP contribution is -2.19. The Balaban J connectivity index is 0. The molecule has 0 atom stereocenters. The monoisotopic (exact) mass is 286 g/mol. The van der Waals surface area contributed by atoms with E-state index in [1.54, 1.807) is 0 Å². The largest absolute Gasteiger partial charge is 0.481 e. The Hall–Kier alpha value is -1.85. The first kappa shape index (κ1) is 20.5. The van der Waals surface area contributed by atoms with Gasteiger partial charge < -0.3 is 15.6 Å². The predicted octanol–water partition coefficient (Wildman–Crippen LogP) is 1.99. The fourth-order valence-electron chi connectivity index (χ4n) is 0.839. The molecule has 0 fully saturated rings. The van der Waals surface area contributed by atoms with E-state index in [0.717, 1.165) is 12.8 Å². The van der Waals surface area contributed by atoms with Crippen LogP contribution in [0.15, 0.2) is 17.6 Å². The van der Waals surface area contributed by atoms with Gasteiger partial charge in [-0.2, -0.15) is 0 Å². The van der Waals surface area contributed by atoms with Crippen LogP contribution in [-0.4, -0.2) is 36.0 Å². The van der Waals surface area contributed by atoms with E-state index in [1.165, 1.54) is 6.08 Å². The van der Waals surface area contributed by atoms with Crippen LogP contribution in [0.4, 0.5) is 0 Å². The standard InChI is InChI=1S/C7H14N2O2.C7H12O2/c1-5(2)7(8)9-4-3-6(10)11;1-3-5-6-9-7(8)4-2/h5H,3-4H2,1-2H3,(H2,8,9)(H,10,11);4H,2-3,5-6H2,1H3. The lowest BCUT2D eigenvalue weighted by molar-refractivity contribution is -0.138. The number of aliphatic imine (C=N–C) groups is 1. The van der Waals surface area contributed by atoms with Crippen molar-refractivity contribution in [3.63, 3.8) is 0 Å². The van der Waals surface area contributed by atoms with Crippen molar-refractivity contribution in [2.45, 2.75) is 40.0 Å². The van der Waals surface area contributed by atoms with Crippen LogP contribution < -0.4 is 5.73 Å². The molecule has 0 radical (unpaired) electrons. The van der Waals surface area contributed by atoms with E-state index < -0.39 is 5.97 Å². The summed E-state index contributed by atoms with van der Waals surface area (Å²) >= 11 is 0. The fourth-order valence-corrected chi connectivity index (χ4v) is 0.839. The minimum absolute atomic E-state index is 0.0490. The van der Waals surface area contributed by atoms with Gasteiger partial charge in [0, 0.05) is 12.0 Å². The van der Waals surface area contributed by atoms with Gasteiger partial charge in [0.05, 0.1) is 25.4 Å². The zero-order chi connectivity index (χ0) is 16.0. The maximum atomic E-state index is 10.3. The lowest BCUT2D eigenvalue weighted by Gasteiger charge is -2.01. The average molecular weight is 286 g/mol. The molecule has 0 spiro atoms. The predicted molar refractivity (Wildman–Crippen MR) is 79.6 cm³/mol. The van der Waals surface area contributed by atoms with Crippen LogP contribution in [0.25, 0.3) is 0 Å². The highest BCUT2D eigenvalue weighted by atomic mass is 16.5. The van der Waals surface area contributed by atoms with Crippen molar-refractivity contribution in [3.05, 3.63) is 12.7 Å². The first-order valence-electron chi connectivity index (χ1n) is 6.65. The molecule has 0 aromatic rings. The summed E-state index contributed by atoms with van der Waals surface area (Å²) in [5.41, 5.74) is 5.46. The molecule has 0 bridgehead atoms. The summed E-state index contributed by atoms with van der Waals surface area (Å²) in [6, 6.07) is 0. The molecule has 0 heterocycles. The first-order chi connectivity index (χ1) is 9.34. The van der Waals surface area contributed by atoms with E-state index in [1.807, 2.05) is 20.8 Å². The highest BCUT2D eigenvalue weighted by molar-refractivity contribution is 5.82. The Morgan fingerprint density at radius 2 is 2.05 bits per heavy atom. The van der Waals surface area contributed by atoms with Crippen LogP contribution in [0.5, 0.6) is 0 Å². The van der Waals surface area contributed by atoms with Crippen molar-refractivity contribution >= 4 is 17.8 Å². The molecule has 0 aromatic carbocycles. The van der Waals surface area contributed by atoms with Gasteiger partial charge in [-0.25, -0.2) is 4.79 Å². The number of amidine groups is 1. The van der Waals surface area contributed by atoms with Crippen LogP contribution in [0.1, 0.15) is 40.0 Å². The maximum Gasteiger partial charge on any atom is 0.330 e. The molecule has 20 heavy (non-hydrogen) atoms. The number of hydrogen-bond acceptors (Lipinski definition) is 4. The summed E-state index contributed by atoms with van der Waals surface area (Å²) in [4.78, 5) is 24.3.